The summed E-state index contributed by atoms with van der Waals surface area (Å²) in [4.78, 5) is 19.2. The topological polar surface area (TPSA) is 73.4 Å². The molecule has 2 aromatic heterocycles. The van der Waals surface area contributed by atoms with Gasteiger partial charge in [-0.15, -0.1) is 0 Å². The third-order valence-corrected chi connectivity index (χ3v) is 6.89. The van der Waals surface area contributed by atoms with E-state index in [-0.39, 0.29) is 12.1 Å². The Bertz CT molecular complexity index is 1130. The molecule has 7 nitrogen and oxygen atoms in total. The molecule has 1 aliphatic rings. The van der Waals surface area contributed by atoms with E-state index in [0.717, 1.165) is 36.8 Å². The molecule has 7 heteroatoms. The van der Waals surface area contributed by atoms with Crippen LogP contribution in [0.4, 0.5) is 4.79 Å². The minimum atomic E-state index is -0.541. The van der Waals surface area contributed by atoms with E-state index in [2.05, 4.69) is 47.1 Å². The minimum absolute atomic E-state index is 0.244. The first-order chi connectivity index (χ1) is 17.4. The summed E-state index contributed by atoms with van der Waals surface area (Å²) in [6.07, 6.45) is 13.9. The summed E-state index contributed by atoms with van der Waals surface area (Å²) in [5, 5.41) is 5.45. The monoisotopic (exact) mass is 494 g/mol. The zero-order valence-electron chi connectivity index (χ0n) is 22.5. The Kier molecular flexibility index (Phi) is 8.70. The van der Waals surface area contributed by atoms with E-state index < -0.39 is 5.60 Å². The van der Waals surface area contributed by atoms with Crippen molar-refractivity contribution in [3.63, 3.8) is 0 Å². The van der Waals surface area contributed by atoms with Crippen LogP contribution in [-0.2, 0) is 11.3 Å². The molecule has 0 radical (unpaired) electrons. The lowest BCUT2D eigenvalue weighted by molar-refractivity contribution is 0.0199. The fraction of sp³-hybridized carbons (Fsp3) is 0.621. The van der Waals surface area contributed by atoms with Gasteiger partial charge in [0.05, 0.1) is 0 Å². The van der Waals surface area contributed by atoms with Crippen LogP contribution in [0.2, 0.25) is 0 Å². The van der Waals surface area contributed by atoms with Crippen LogP contribution in [0.5, 0.6) is 0 Å². The lowest BCUT2D eigenvalue weighted by Crippen LogP contribution is -2.36. The van der Waals surface area contributed by atoms with Gasteiger partial charge in [-0.1, -0.05) is 75.2 Å². The molecule has 1 amide bonds. The van der Waals surface area contributed by atoms with Gasteiger partial charge in [0.1, 0.15) is 11.6 Å². The van der Waals surface area contributed by atoms with E-state index >= 15 is 0 Å². The second-order valence-electron chi connectivity index (χ2n) is 11.0. The number of carbonyl (C=O) groups excluding carboxylic acids is 1. The maximum Gasteiger partial charge on any atom is 0.410 e. The van der Waals surface area contributed by atoms with Crippen molar-refractivity contribution in [1.82, 2.24) is 19.6 Å². The molecule has 0 unspecified atom stereocenters. The summed E-state index contributed by atoms with van der Waals surface area (Å²) in [5.41, 5.74) is 1.63. The smallest absolute Gasteiger partial charge is 0.410 e. The summed E-state index contributed by atoms with van der Waals surface area (Å²) in [6.45, 7) is 9.52. The maximum atomic E-state index is 12.7. The van der Waals surface area contributed by atoms with Gasteiger partial charge in [0.2, 0.25) is 11.7 Å². The van der Waals surface area contributed by atoms with E-state index in [1.54, 1.807) is 4.90 Å². The molecule has 0 aliphatic carbocycles. The number of aryl methyl sites for hydroxylation is 1. The van der Waals surface area contributed by atoms with Crippen LogP contribution < -0.4 is 0 Å². The molecular formula is C29H42N4O3. The number of para-hydroxylation sites is 1. The Morgan fingerprint density at radius 1 is 1.08 bits per heavy atom. The molecule has 1 aromatic carbocycles. The predicted octanol–water partition coefficient (Wildman–Crippen LogP) is 7.90. The van der Waals surface area contributed by atoms with Crippen molar-refractivity contribution in [1.29, 1.82) is 0 Å². The minimum Gasteiger partial charge on any atom is -0.444 e. The first kappa shape index (κ1) is 26.2. The van der Waals surface area contributed by atoms with Crippen LogP contribution in [-0.4, -0.2) is 37.8 Å². The zero-order chi connectivity index (χ0) is 25.5. The number of nitrogens with zero attached hydrogens (tertiary/aromatic N) is 4. The van der Waals surface area contributed by atoms with E-state index in [1.165, 1.54) is 50.5 Å². The number of aromatic nitrogens is 3. The molecular weight excluding hydrogens is 452 g/mol. The van der Waals surface area contributed by atoms with Crippen LogP contribution in [0.3, 0.4) is 0 Å². The largest absolute Gasteiger partial charge is 0.444 e. The summed E-state index contributed by atoms with van der Waals surface area (Å²) in [6, 6.07) is 8.16. The average Bonchev–Trinajstić information content (AvgIpc) is 3.58. The molecule has 0 bridgehead atoms. The van der Waals surface area contributed by atoms with Crippen molar-refractivity contribution in [2.75, 3.05) is 6.54 Å². The normalized spacial score (nSPS) is 16.2. The van der Waals surface area contributed by atoms with E-state index in [9.17, 15) is 4.79 Å². The quantitative estimate of drug-likeness (QED) is 0.253. The number of benzene rings is 1. The lowest BCUT2D eigenvalue weighted by atomic mass is 10.1. The van der Waals surface area contributed by atoms with Crippen LogP contribution >= 0.6 is 0 Å². The number of amides is 1. The highest BCUT2D eigenvalue weighted by Crippen LogP contribution is 2.35. The van der Waals surface area contributed by atoms with Gasteiger partial charge in [-0.3, -0.25) is 4.90 Å². The fourth-order valence-corrected chi connectivity index (χ4v) is 5.07. The highest BCUT2D eigenvalue weighted by atomic mass is 16.6. The number of hydrogen-bond acceptors (Lipinski definition) is 5. The van der Waals surface area contributed by atoms with Gasteiger partial charge in [-0.25, -0.2) is 4.79 Å². The standard InChI is InChI=1S/C29H42N4O3/c1-5-6-7-8-9-10-11-14-19-32-21-23(22-16-12-13-17-24(22)32)26-30-27(36-31-26)25-18-15-20-33(25)28(34)35-29(2,3)4/h12-13,16-17,21,25H,5-11,14-15,18-20H2,1-4H3/t25-/m0/s1. The number of unbranched alkanes of at least 4 members (excludes halogenated alkanes) is 7. The van der Waals surface area contributed by atoms with Crippen molar-refractivity contribution < 1.29 is 14.1 Å². The Hall–Kier alpha value is -2.83. The molecule has 3 aromatic rings. The van der Waals surface area contributed by atoms with Gasteiger partial charge in [-0.2, -0.15) is 4.98 Å². The van der Waals surface area contributed by atoms with Crippen molar-refractivity contribution in [3.05, 3.63) is 36.4 Å². The van der Waals surface area contributed by atoms with E-state index in [1.807, 2.05) is 20.8 Å². The second-order valence-corrected chi connectivity index (χ2v) is 11.0. The summed E-state index contributed by atoms with van der Waals surface area (Å²) >= 11 is 0. The molecule has 3 heterocycles. The molecule has 0 spiro atoms. The first-order valence-electron chi connectivity index (χ1n) is 13.8. The van der Waals surface area contributed by atoms with Crippen LogP contribution in [0.15, 0.2) is 35.0 Å². The number of ether oxygens (including phenoxy) is 1. The number of fused-ring (bicyclic) bond motifs is 1. The van der Waals surface area contributed by atoms with Gasteiger partial charge in [0.25, 0.3) is 0 Å². The number of carbonyl (C=O) groups is 1. The predicted molar refractivity (Wildman–Crippen MR) is 143 cm³/mol. The molecule has 196 valence electrons. The molecule has 1 atom stereocenters. The summed E-state index contributed by atoms with van der Waals surface area (Å²) in [5.74, 6) is 1.06. The summed E-state index contributed by atoms with van der Waals surface area (Å²) in [7, 11) is 0. The molecule has 1 saturated heterocycles. The highest BCUT2D eigenvalue weighted by Gasteiger charge is 2.36. The average molecular weight is 495 g/mol. The third-order valence-electron chi connectivity index (χ3n) is 6.89. The van der Waals surface area contributed by atoms with Gasteiger partial charge in [0, 0.05) is 35.8 Å². The Morgan fingerprint density at radius 2 is 1.81 bits per heavy atom. The molecule has 1 fully saturated rings. The highest BCUT2D eigenvalue weighted by molar-refractivity contribution is 5.94. The SMILES string of the molecule is CCCCCCCCCCn1cc(-c2noc([C@@H]3CCCN3C(=O)OC(C)(C)C)n2)c2ccccc21. The number of rotatable bonds is 11. The Labute approximate surface area is 215 Å². The van der Waals surface area contributed by atoms with E-state index in [0.29, 0.717) is 18.3 Å². The first-order valence-corrected chi connectivity index (χ1v) is 13.8. The van der Waals surface area contributed by atoms with Crippen molar-refractivity contribution in [2.24, 2.45) is 0 Å². The van der Waals surface area contributed by atoms with Crippen molar-refractivity contribution in [3.8, 4) is 11.4 Å². The molecule has 0 saturated carbocycles. The van der Waals surface area contributed by atoms with Crippen LogP contribution in [0.25, 0.3) is 22.3 Å². The third kappa shape index (κ3) is 6.48. The molecule has 0 N–H and O–H groups in total. The van der Waals surface area contributed by atoms with Crippen LogP contribution in [0, 0.1) is 0 Å². The van der Waals surface area contributed by atoms with Crippen molar-refractivity contribution >= 4 is 17.0 Å². The fourth-order valence-electron chi connectivity index (χ4n) is 5.07. The van der Waals surface area contributed by atoms with E-state index in [4.69, 9.17) is 14.2 Å². The van der Waals surface area contributed by atoms with Gasteiger partial charge >= 0.3 is 6.09 Å². The van der Waals surface area contributed by atoms with Gasteiger partial charge < -0.3 is 13.8 Å². The number of likely N-dealkylation sites (tertiary alicyclic amines) is 1. The molecule has 36 heavy (non-hydrogen) atoms. The van der Waals surface area contributed by atoms with Crippen LogP contribution in [0.1, 0.15) is 104 Å². The van der Waals surface area contributed by atoms with Gasteiger partial charge in [0.15, 0.2) is 0 Å². The summed E-state index contributed by atoms with van der Waals surface area (Å²) < 4.78 is 13.6. The lowest BCUT2D eigenvalue weighted by Gasteiger charge is -2.26. The second kappa shape index (κ2) is 11.9. The Morgan fingerprint density at radius 3 is 2.56 bits per heavy atom. The molecule has 4 rings (SSSR count). The maximum absolute atomic E-state index is 12.7. The zero-order valence-corrected chi connectivity index (χ0v) is 22.5. The van der Waals surface area contributed by atoms with Crippen molar-refractivity contribution in [2.45, 2.75) is 110 Å². The number of hydrogen-bond donors (Lipinski definition) is 0. The van der Waals surface area contributed by atoms with Gasteiger partial charge in [-0.05, 0) is 46.1 Å². The Balaban J connectivity index is 1.44. The molecule has 1 aliphatic heterocycles.